The van der Waals surface area contributed by atoms with Crippen LogP contribution in [0, 0.1) is 13.8 Å². The van der Waals surface area contributed by atoms with E-state index in [4.69, 9.17) is 9.47 Å². The van der Waals surface area contributed by atoms with Gasteiger partial charge in [0.25, 0.3) is 0 Å². The van der Waals surface area contributed by atoms with E-state index in [1.54, 1.807) is 6.92 Å². The van der Waals surface area contributed by atoms with E-state index in [2.05, 4.69) is 12.6 Å². The molecule has 3 nitrogen and oxygen atoms in total. The number of esters is 1. The van der Waals surface area contributed by atoms with Gasteiger partial charge in [-0.3, -0.25) is 0 Å². The fourth-order valence-corrected chi connectivity index (χ4v) is 1.47. The molecule has 0 saturated heterocycles. The number of aryl methyl sites for hydroxylation is 2. The normalized spacial score (nSPS) is 10.0. The van der Waals surface area contributed by atoms with Crippen LogP contribution in [0.2, 0.25) is 0 Å². The Kier molecular flexibility index (Phi) is 4.68. The van der Waals surface area contributed by atoms with Crippen molar-refractivity contribution in [2.75, 3.05) is 13.2 Å². The number of thiol groups is 1. The Hall–Kier alpha value is -1.16. The lowest BCUT2D eigenvalue weighted by atomic mass is 10.1. The van der Waals surface area contributed by atoms with Gasteiger partial charge in [-0.05, 0) is 44.0 Å². The highest BCUT2D eigenvalue weighted by Gasteiger charge is 2.06. The first-order chi connectivity index (χ1) is 7.54. The van der Waals surface area contributed by atoms with Crippen molar-refractivity contribution >= 4 is 18.6 Å². The molecule has 0 atom stereocenters. The fourth-order valence-electron chi connectivity index (χ4n) is 1.34. The molecule has 0 bridgehead atoms. The quantitative estimate of drug-likeness (QED) is 0.649. The SMILES string of the molecule is CCOC(=O)COc1cc(C)c(S)c(C)c1. The van der Waals surface area contributed by atoms with E-state index in [0.717, 1.165) is 16.0 Å². The van der Waals surface area contributed by atoms with Crippen molar-refractivity contribution in [3.05, 3.63) is 23.3 Å². The molecule has 1 aromatic rings. The Morgan fingerprint density at radius 1 is 1.31 bits per heavy atom. The maximum atomic E-state index is 11.1. The molecule has 0 spiro atoms. The summed E-state index contributed by atoms with van der Waals surface area (Å²) in [6.07, 6.45) is 0. The lowest BCUT2D eigenvalue weighted by Crippen LogP contribution is -2.14. The summed E-state index contributed by atoms with van der Waals surface area (Å²) in [5, 5.41) is 0. The van der Waals surface area contributed by atoms with E-state index in [-0.39, 0.29) is 12.6 Å². The van der Waals surface area contributed by atoms with Crippen LogP contribution in [0.15, 0.2) is 17.0 Å². The number of hydrogen-bond acceptors (Lipinski definition) is 4. The second kappa shape index (κ2) is 5.80. The van der Waals surface area contributed by atoms with Crippen LogP contribution in [0.5, 0.6) is 5.75 Å². The first-order valence-corrected chi connectivity index (χ1v) is 5.58. The highest BCUT2D eigenvalue weighted by molar-refractivity contribution is 7.80. The molecule has 88 valence electrons. The van der Waals surface area contributed by atoms with Crippen molar-refractivity contribution in [2.24, 2.45) is 0 Å². The zero-order valence-corrected chi connectivity index (χ0v) is 10.6. The molecule has 0 fully saturated rings. The summed E-state index contributed by atoms with van der Waals surface area (Å²) in [7, 11) is 0. The van der Waals surface area contributed by atoms with Crippen LogP contribution in [0.25, 0.3) is 0 Å². The number of hydrogen-bond donors (Lipinski definition) is 1. The standard InChI is InChI=1S/C12H16O3S/c1-4-14-11(13)7-15-10-5-8(2)12(16)9(3)6-10/h5-6,16H,4,7H2,1-3H3. The second-order valence-corrected chi connectivity index (χ2v) is 3.95. The van der Waals surface area contributed by atoms with E-state index in [1.165, 1.54) is 0 Å². The molecular formula is C12H16O3S. The number of benzene rings is 1. The monoisotopic (exact) mass is 240 g/mol. The molecule has 0 aromatic heterocycles. The second-order valence-electron chi connectivity index (χ2n) is 3.50. The van der Waals surface area contributed by atoms with Crippen LogP contribution in [0.1, 0.15) is 18.1 Å². The summed E-state index contributed by atoms with van der Waals surface area (Å²) in [5.41, 5.74) is 2.06. The van der Waals surface area contributed by atoms with Crippen molar-refractivity contribution in [3.63, 3.8) is 0 Å². The predicted molar refractivity (Wildman–Crippen MR) is 65.3 cm³/mol. The molecule has 0 saturated carbocycles. The van der Waals surface area contributed by atoms with E-state index >= 15 is 0 Å². The fraction of sp³-hybridized carbons (Fsp3) is 0.417. The zero-order chi connectivity index (χ0) is 12.1. The van der Waals surface area contributed by atoms with Gasteiger partial charge in [-0.2, -0.15) is 0 Å². The molecule has 16 heavy (non-hydrogen) atoms. The lowest BCUT2D eigenvalue weighted by Gasteiger charge is -2.09. The average Bonchev–Trinajstić information content (AvgIpc) is 2.23. The Morgan fingerprint density at radius 3 is 2.38 bits per heavy atom. The summed E-state index contributed by atoms with van der Waals surface area (Å²) in [4.78, 5) is 12.0. The van der Waals surface area contributed by atoms with Gasteiger partial charge in [0.2, 0.25) is 0 Å². The molecule has 4 heteroatoms. The molecule has 1 aromatic carbocycles. The largest absolute Gasteiger partial charge is 0.482 e. The molecule has 0 aliphatic carbocycles. The summed E-state index contributed by atoms with van der Waals surface area (Å²) < 4.78 is 10.1. The minimum Gasteiger partial charge on any atom is -0.482 e. The van der Waals surface area contributed by atoms with Gasteiger partial charge in [-0.25, -0.2) is 4.79 Å². The molecule has 0 aliphatic rings. The maximum Gasteiger partial charge on any atom is 0.344 e. The average molecular weight is 240 g/mol. The zero-order valence-electron chi connectivity index (χ0n) is 9.74. The van der Waals surface area contributed by atoms with Gasteiger partial charge >= 0.3 is 5.97 Å². The minimum atomic E-state index is -0.354. The van der Waals surface area contributed by atoms with Crippen LogP contribution in [0.3, 0.4) is 0 Å². The van der Waals surface area contributed by atoms with Gasteiger partial charge < -0.3 is 9.47 Å². The van der Waals surface area contributed by atoms with Crippen molar-refractivity contribution in [3.8, 4) is 5.75 Å². The van der Waals surface area contributed by atoms with E-state index in [0.29, 0.717) is 12.4 Å². The lowest BCUT2D eigenvalue weighted by molar-refractivity contribution is -0.145. The van der Waals surface area contributed by atoms with Crippen molar-refractivity contribution < 1.29 is 14.3 Å². The molecule has 0 heterocycles. The molecule has 0 aliphatic heterocycles. The van der Waals surface area contributed by atoms with Crippen LogP contribution in [-0.4, -0.2) is 19.2 Å². The third kappa shape index (κ3) is 3.45. The number of ether oxygens (including phenoxy) is 2. The van der Waals surface area contributed by atoms with E-state index in [9.17, 15) is 4.79 Å². The van der Waals surface area contributed by atoms with Gasteiger partial charge in [0.05, 0.1) is 6.61 Å². The highest BCUT2D eigenvalue weighted by Crippen LogP contribution is 2.24. The molecule has 0 radical (unpaired) electrons. The summed E-state index contributed by atoms with van der Waals surface area (Å²) in [6, 6.07) is 3.71. The van der Waals surface area contributed by atoms with Crippen molar-refractivity contribution in [2.45, 2.75) is 25.7 Å². The number of carbonyl (C=O) groups excluding carboxylic acids is 1. The Balaban J connectivity index is 2.65. The topological polar surface area (TPSA) is 35.5 Å². The Labute approximate surface area is 101 Å². The first kappa shape index (κ1) is 12.9. The van der Waals surface area contributed by atoms with Crippen LogP contribution >= 0.6 is 12.6 Å². The van der Waals surface area contributed by atoms with Gasteiger partial charge in [0, 0.05) is 4.90 Å². The molecule has 1 rings (SSSR count). The van der Waals surface area contributed by atoms with Gasteiger partial charge in [0.15, 0.2) is 6.61 Å². The van der Waals surface area contributed by atoms with Crippen molar-refractivity contribution in [1.29, 1.82) is 0 Å². The molecular weight excluding hydrogens is 224 g/mol. The smallest absolute Gasteiger partial charge is 0.344 e. The number of rotatable bonds is 4. The number of carbonyl (C=O) groups is 1. The van der Waals surface area contributed by atoms with Gasteiger partial charge in [-0.1, -0.05) is 0 Å². The molecule has 0 amide bonds. The highest BCUT2D eigenvalue weighted by atomic mass is 32.1. The molecule has 0 N–H and O–H groups in total. The summed E-state index contributed by atoms with van der Waals surface area (Å²) >= 11 is 4.35. The van der Waals surface area contributed by atoms with E-state index < -0.39 is 0 Å². The maximum absolute atomic E-state index is 11.1. The summed E-state index contributed by atoms with van der Waals surface area (Å²) in [6.45, 7) is 5.98. The third-order valence-corrected chi connectivity index (χ3v) is 2.83. The van der Waals surface area contributed by atoms with Gasteiger partial charge in [0.1, 0.15) is 5.75 Å². The Bertz CT molecular complexity index is 365. The summed E-state index contributed by atoms with van der Waals surface area (Å²) in [5.74, 6) is 0.314. The first-order valence-electron chi connectivity index (χ1n) is 5.13. The predicted octanol–water partition coefficient (Wildman–Crippen LogP) is 2.53. The minimum absolute atomic E-state index is 0.0569. The van der Waals surface area contributed by atoms with E-state index in [1.807, 2.05) is 26.0 Å². The van der Waals surface area contributed by atoms with Crippen LogP contribution in [-0.2, 0) is 9.53 Å². The molecule has 0 unspecified atom stereocenters. The van der Waals surface area contributed by atoms with Gasteiger partial charge in [-0.15, -0.1) is 12.6 Å². The Morgan fingerprint density at radius 2 is 1.88 bits per heavy atom. The van der Waals surface area contributed by atoms with Crippen LogP contribution in [0.4, 0.5) is 0 Å². The van der Waals surface area contributed by atoms with Crippen molar-refractivity contribution in [1.82, 2.24) is 0 Å². The third-order valence-electron chi connectivity index (χ3n) is 2.13. The van der Waals surface area contributed by atoms with Crippen LogP contribution < -0.4 is 4.74 Å².